The molecular formula is C22H28N4O2. The molecule has 2 bridgehead atoms. The molecule has 4 heterocycles. The summed E-state index contributed by atoms with van der Waals surface area (Å²) < 4.78 is 7.16. The molecule has 5 rings (SSSR count). The average Bonchev–Trinajstić information content (AvgIpc) is 3.23. The molecule has 3 aliphatic rings. The van der Waals surface area contributed by atoms with Gasteiger partial charge < -0.3 is 9.64 Å². The lowest BCUT2D eigenvalue weighted by Crippen LogP contribution is -2.59. The van der Waals surface area contributed by atoms with E-state index in [0.717, 1.165) is 31.1 Å². The molecule has 3 aliphatic heterocycles. The van der Waals surface area contributed by atoms with Crippen LogP contribution in [0.1, 0.15) is 36.0 Å². The fourth-order valence-corrected chi connectivity index (χ4v) is 5.50. The van der Waals surface area contributed by atoms with Crippen LogP contribution in [0.15, 0.2) is 36.7 Å². The van der Waals surface area contributed by atoms with Crippen molar-refractivity contribution in [2.24, 2.45) is 11.8 Å². The SMILES string of the molecule is COc1ccccc1-n1cc(C(=O)N2C[C@@H]3C[C@H](C2)[C@@H]2CCCCN2C3)cn1. The normalized spacial score (nSPS) is 27.3. The number of methoxy groups -OCH3 is 1. The quantitative estimate of drug-likeness (QED) is 0.822. The molecule has 6 nitrogen and oxygen atoms in total. The molecule has 1 amide bonds. The van der Waals surface area contributed by atoms with E-state index >= 15 is 0 Å². The highest BCUT2D eigenvalue weighted by Crippen LogP contribution is 2.37. The Morgan fingerprint density at radius 1 is 1.18 bits per heavy atom. The largest absolute Gasteiger partial charge is 0.494 e. The van der Waals surface area contributed by atoms with Gasteiger partial charge in [0.1, 0.15) is 11.4 Å². The van der Waals surface area contributed by atoms with Crippen LogP contribution in [0.4, 0.5) is 0 Å². The van der Waals surface area contributed by atoms with Gasteiger partial charge in [-0.2, -0.15) is 5.10 Å². The third-order valence-electron chi connectivity index (χ3n) is 6.72. The van der Waals surface area contributed by atoms with E-state index in [0.29, 0.717) is 23.4 Å². The molecule has 0 spiro atoms. The molecular weight excluding hydrogens is 352 g/mol. The molecule has 3 fully saturated rings. The minimum atomic E-state index is 0.111. The summed E-state index contributed by atoms with van der Waals surface area (Å²) in [4.78, 5) is 18.0. The fraction of sp³-hybridized carbons (Fsp3) is 0.545. The van der Waals surface area contributed by atoms with Crippen LogP contribution >= 0.6 is 0 Å². The van der Waals surface area contributed by atoms with Crippen LogP contribution in [0.25, 0.3) is 5.69 Å². The Morgan fingerprint density at radius 3 is 2.96 bits per heavy atom. The Morgan fingerprint density at radius 2 is 2.07 bits per heavy atom. The van der Waals surface area contributed by atoms with E-state index in [1.54, 1.807) is 18.0 Å². The Bertz CT molecular complexity index is 864. The van der Waals surface area contributed by atoms with Gasteiger partial charge in [0.25, 0.3) is 5.91 Å². The topological polar surface area (TPSA) is 50.6 Å². The number of ether oxygens (including phenoxy) is 1. The molecule has 28 heavy (non-hydrogen) atoms. The van der Waals surface area contributed by atoms with Gasteiger partial charge in [0.05, 0.1) is 18.9 Å². The van der Waals surface area contributed by atoms with E-state index in [1.165, 1.54) is 32.2 Å². The smallest absolute Gasteiger partial charge is 0.257 e. The van der Waals surface area contributed by atoms with Crippen molar-refractivity contribution in [3.8, 4) is 11.4 Å². The number of benzene rings is 1. The summed E-state index contributed by atoms with van der Waals surface area (Å²) in [5.74, 6) is 2.09. The first-order chi connectivity index (χ1) is 13.7. The lowest BCUT2D eigenvalue weighted by molar-refractivity contribution is -0.0243. The Labute approximate surface area is 166 Å². The van der Waals surface area contributed by atoms with Crippen molar-refractivity contribution in [3.05, 3.63) is 42.2 Å². The average molecular weight is 380 g/mol. The Hall–Kier alpha value is -2.34. The van der Waals surface area contributed by atoms with Gasteiger partial charge in [0.2, 0.25) is 0 Å². The number of nitrogens with zero attached hydrogens (tertiary/aromatic N) is 4. The van der Waals surface area contributed by atoms with Crippen molar-refractivity contribution in [1.29, 1.82) is 0 Å². The molecule has 3 saturated heterocycles. The number of carbonyl (C=O) groups is 1. The maximum atomic E-state index is 13.2. The van der Waals surface area contributed by atoms with Crippen LogP contribution in [0.3, 0.4) is 0 Å². The number of likely N-dealkylation sites (tertiary alicyclic amines) is 1. The van der Waals surface area contributed by atoms with Gasteiger partial charge in [0.15, 0.2) is 0 Å². The summed E-state index contributed by atoms with van der Waals surface area (Å²) in [5, 5.41) is 4.43. The van der Waals surface area contributed by atoms with Crippen molar-refractivity contribution in [2.45, 2.75) is 31.7 Å². The van der Waals surface area contributed by atoms with E-state index in [2.05, 4.69) is 14.9 Å². The first kappa shape index (κ1) is 17.7. The predicted molar refractivity (Wildman–Crippen MR) is 107 cm³/mol. The van der Waals surface area contributed by atoms with Gasteiger partial charge in [-0.05, 0) is 49.8 Å². The zero-order valence-electron chi connectivity index (χ0n) is 16.5. The fourth-order valence-electron chi connectivity index (χ4n) is 5.50. The summed E-state index contributed by atoms with van der Waals surface area (Å²) in [6, 6.07) is 8.40. The van der Waals surface area contributed by atoms with Crippen molar-refractivity contribution < 1.29 is 9.53 Å². The summed E-state index contributed by atoms with van der Waals surface area (Å²) in [7, 11) is 1.65. The molecule has 0 N–H and O–H groups in total. The number of amides is 1. The summed E-state index contributed by atoms with van der Waals surface area (Å²) in [6.07, 6.45) is 8.77. The van der Waals surface area contributed by atoms with Gasteiger partial charge in [-0.3, -0.25) is 9.69 Å². The molecule has 0 saturated carbocycles. The Balaban J connectivity index is 1.34. The number of piperidine rings is 3. The second-order valence-corrected chi connectivity index (χ2v) is 8.48. The van der Waals surface area contributed by atoms with Crippen molar-refractivity contribution >= 4 is 5.91 Å². The maximum absolute atomic E-state index is 13.2. The number of hydrogen-bond acceptors (Lipinski definition) is 4. The van der Waals surface area contributed by atoms with E-state index in [-0.39, 0.29) is 5.91 Å². The van der Waals surface area contributed by atoms with Gasteiger partial charge in [0, 0.05) is 31.9 Å². The monoisotopic (exact) mass is 380 g/mol. The highest BCUT2D eigenvalue weighted by atomic mass is 16.5. The zero-order chi connectivity index (χ0) is 19.1. The first-order valence-corrected chi connectivity index (χ1v) is 10.4. The van der Waals surface area contributed by atoms with E-state index < -0.39 is 0 Å². The van der Waals surface area contributed by atoms with Crippen LogP contribution in [0, 0.1) is 11.8 Å². The van der Waals surface area contributed by atoms with E-state index in [1.807, 2.05) is 30.5 Å². The molecule has 2 aromatic rings. The third kappa shape index (κ3) is 3.09. The molecule has 0 aliphatic carbocycles. The summed E-state index contributed by atoms with van der Waals surface area (Å²) in [5.41, 5.74) is 1.50. The van der Waals surface area contributed by atoms with Gasteiger partial charge in [-0.1, -0.05) is 18.6 Å². The second kappa shape index (κ2) is 7.24. The van der Waals surface area contributed by atoms with Crippen molar-refractivity contribution in [1.82, 2.24) is 19.6 Å². The highest BCUT2D eigenvalue weighted by molar-refractivity contribution is 5.94. The lowest BCUT2D eigenvalue weighted by Gasteiger charge is -2.52. The molecule has 3 atom stereocenters. The van der Waals surface area contributed by atoms with Gasteiger partial charge >= 0.3 is 0 Å². The summed E-state index contributed by atoms with van der Waals surface area (Å²) >= 11 is 0. The lowest BCUT2D eigenvalue weighted by atomic mass is 9.76. The van der Waals surface area contributed by atoms with Crippen LogP contribution in [-0.4, -0.2) is 64.8 Å². The second-order valence-electron chi connectivity index (χ2n) is 8.48. The van der Waals surface area contributed by atoms with E-state index in [4.69, 9.17) is 4.74 Å². The van der Waals surface area contributed by atoms with Crippen LogP contribution in [0.5, 0.6) is 5.75 Å². The number of para-hydroxylation sites is 2. The number of aromatic nitrogens is 2. The minimum absolute atomic E-state index is 0.111. The first-order valence-electron chi connectivity index (χ1n) is 10.4. The van der Waals surface area contributed by atoms with Gasteiger partial charge in [-0.25, -0.2) is 4.68 Å². The molecule has 0 radical (unpaired) electrons. The molecule has 0 unspecified atom stereocenters. The highest BCUT2D eigenvalue weighted by Gasteiger charge is 2.42. The number of hydrogen-bond donors (Lipinski definition) is 0. The van der Waals surface area contributed by atoms with Crippen LogP contribution < -0.4 is 4.74 Å². The Kier molecular flexibility index (Phi) is 4.59. The minimum Gasteiger partial charge on any atom is -0.494 e. The van der Waals surface area contributed by atoms with Crippen LogP contribution in [-0.2, 0) is 0 Å². The molecule has 148 valence electrons. The zero-order valence-corrected chi connectivity index (χ0v) is 16.5. The third-order valence-corrected chi connectivity index (χ3v) is 6.72. The number of rotatable bonds is 3. The predicted octanol–water partition coefficient (Wildman–Crippen LogP) is 2.83. The molecule has 1 aromatic carbocycles. The van der Waals surface area contributed by atoms with Gasteiger partial charge in [-0.15, -0.1) is 0 Å². The van der Waals surface area contributed by atoms with Crippen molar-refractivity contribution in [3.63, 3.8) is 0 Å². The molecule has 1 aromatic heterocycles. The molecule has 6 heteroatoms. The summed E-state index contributed by atoms with van der Waals surface area (Å²) in [6.45, 7) is 4.16. The maximum Gasteiger partial charge on any atom is 0.257 e. The van der Waals surface area contributed by atoms with Crippen molar-refractivity contribution in [2.75, 3.05) is 33.3 Å². The standard InChI is InChI=1S/C22H28N4O2/c1-28-21-8-3-2-7-20(21)26-15-18(11-23-26)22(27)25-13-16-10-17(14-25)19-6-4-5-9-24(19)12-16/h2-3,7-8,11,15-17,19H,4-6,9-10,12-14H2,1H3/t16-,17-,19+/m1/s1. The number of carbonyl (C=O) groups excluding carboxylic acids is 1. The van der Waals surface area contributed by atoms with Crippen LogP contribution in [0.2, 0.25) is 0 Å². The van der Waals surface area contributed by atoms with E-state index in [9.17, 15) is 4.79 Å². The number of fused-ring (bicyclic) bond motifs is 4.